The first-order valence-corrected chi connectivity index (χ1v) is 8.85. The van der Waals surface area contributed by atoms with Crippen molar-refractivity contribution >= 4 is 41.4 Å². The monoisotopic (exact) mass is 282 g/mol. The molecule has 0 spiro atoms. The predicted octanol–water partition coefficient (Wildman–Crippen LogP) is 3.09. The van der Waals surface area contributed by atoms with Crippen molar-refractivity contribution in [3.8, 4) is 11.1 Å². The van der Waals surface area contributed by atoms with Gasteiger partial charge in [-0.1, -0.05) is 78.0 Å². The summed E-state index contributed by atoms with van der Waals surface area (Å²) in [5.74, 6) is 0. The van der Waals surface area contributed by atoms with Gasteiger partial charge in [0.05, 0.1) is 9.52 Å². The number of benzene rings is 4. The van der Waals surface area contributed by atoms with Crippen LogP contribution in [-0.4, -0.2) is 9.52 Å². The smallest absolute Gasteiger partial charge is 0.0627 e. The average molecular weight is 282 g/mol. The van der Waals surface area contributed by atoms with Gasteiger partial charge in [0.15, 0.2) is 0 Å². The molecule has 0 N–H and O–H groups in total. The zero-order chi connectivity index (χ0) is 13.8. The Hall–Kier alpha value is -2.38. The van der Waals surface area contributed by atoms with Crippen LogP contribution in [0.15, 0.2) is 72.8 Å². The van der Waals surface area contributed by atoms with Gasteiger partial charge in [-0.2, -0.15) is 0 Å². The Morgan fingerprint density at radius 2 is 1.10 bits per heavy atom. The lowest BCUT2D eigenvalue weighted by atomic mass is 9.93. The Labute approximate surface area is 125 Å². The van der Waals surface area contributed by atoms with Gasteiger partial charge in [-0.15, -0.1) is 0 Å². The predicted molar refractivity (Wildman–Crippen MR) is 94.7 cm³/mol. The van der Waals surface area contributed by atoms with Crippen LogP contribution < -0.4 is 10.4 Å². The highest BCUT2D eigenvalue weighted by molar-refractivity contribution is 6.76. The normalized spacial score (nSPS) is 13.7. The minimum absolute atomic E-state index is 0.370. The van der Waals surface area contributed by atoms with Crippen LogP contribution in [0.5, 0.6) is 0 Å². The van der Waals surface area contributed by atoms with Gasteiger partial charge in [-0.3, -0.25) is 0 Å². The topological polar surface area (TPSA) is 0 Å². The Bertz CT molecular complexity index is 1010. The second kappa shape index (κ2) is 4.06. The molecule has 0 aromatic heterocycles. The van der Waals surface area contributed by atoms with Gasteiger partial charge in [0.2, 0.25) is 0 Å². The van der Waals surface area contributed by atoms with E-state index in [0.717, 1.165) is 0 Å². The second-order valence-electron chi connectivity index (χ2n) is 5.78. The van der Waals surface area contributed by atoms with E-state index < -0.39 is 0 Å². The number of hydrogen-bond donors (Lipinski definition) is 0. The minimum atomic E-state index is -0.370. The molecule has 0 fully saturated rings. The lowest BCUT2D eigenvalue weighted by molar-refractivity contribution is 1.74. The van der Waals surface area contributed by atoms with E-state index in [0.29, 0.717) is 0 Å². The molecule has 4 aromatic carbocycles. The van der Waals surface area contributed by atoms with Crippen molar-refractivity contribution in [2.45, 2.75) is 0 Å². The van der Waals surface area contributed by atoms with Crippen molar-refractivity contribution in [2.24, 2.45) is 0 Å². The van der Waals surface area contributed by atoms with Crippen LogP contribution in [0.3, 0.4) is 0 Å². The summed E-state index contributed by atoms with van der Waals surface area (Å²) in [6.07, 6.45) is 0. The lowest BCUT2D eigenvalue weighted by Gasteiger charge is -2.12. The van der Waals surface area contributed by atoms with Gasteiger partial charge < -0.3 is 0 Å². The molecule has 0 saturated heterocycles. The quantitative estimate of drug-likeness (QED) is 0.302. The van der Waals surface area contributed by atoms with E-state index >= 15 is 0 Å². The Morgan fingerprint density at radius 3 is 1.90 bits per heavy atom. The first kappa shape index (κ1) is 11.3. The van der Waals surface area contributed by atoms with Gasteiger partial charge in [-0.25, -0.2) is 0 Å². The number of hydrogen-bond acceptors (Lipinski definition) is 0. The fourth-order valence-corrected chi connectivity index (χ4v) is 5.99. The average Bonchev–Trinajstić information content (AvgIpc) is 2.95. The molecule has 1 aliphatic rings. The van der Waals surface area contributed by atoms with Gasteiger partial charge in [0, 0.05) is 0 Å². The minimum Gasteiger partial charge on any atom is -0.0627 e. The molecule has 1 heteroatoms. The molecule has 4 aromatic rings. The van der Waals surface area contributed by atoms with E-state index in [1.165, 1.54) is 32.7 Å². The second-order valence-corrected chi connectivity index (χ2v) is 7.60. The van der Waals surface area contributed by atoms with Crippen molar-refractivity contribution in [1.29, 1.82) is 0 Å². The zero-order valence-corrected chi connectivity index (χ0v) is 13.0. The number of rotatable bonds is 0. The maximum atomic E-state index is 2.32. The maximum absolute atomic E-state index is 2.32. The zero-order valence-electron chi connectivity index (χ0n) is 11.6. The van der Waals surface area contributed by atoms with Gasteiger partial charge in [0.25, 0.3) is 0 Å². The van der Waals surface area contributed by atoms with E-state index in [1.807, 2.05) is 0 Å². The van der Waals surface area contributed by atoms with Crippen molar-refractivity contribution < 1.29 is 0 Å². The highest BCUT2D eigenvalue weighted by Gasteiger charge is 2.23. The van der Waals surface area contributed by atoms with E-state index in [-0.39, 0.29) is 9.52 Å². The van der Waals surface area contributed by atoms with Crippen LogP contribution in [0.2, 0.25) is 0 Å². The van der Waals surface area contributed by atoms with Crippen molar-refractivity contribution in [3.63, 3.8) is 0 Å². The standard InChI is InChI=1S/C20H14Si/c1-3-9-15-13(7-1)14-8-2-4-10-16(14)20-19(15)17-11-5-6-12-18(17)21-20/h1-12H,21H2. The van der Waals surface area contributed by atoms with Crippen LogP contribution in [0.25, 0.3) is 32.7 Å². The van der Waals surface area contributed by atoms with Crippen LogP contribution in [-0.2, 0) is 0 Å². The largest absolute Gasteiger partial charge is 0.0899 e. The van der Waals surface area contributed by atoms with E-state index in [2.05, 4.69) is 72.8 Å². The summed E-state index contributed by atoms with van der Waals surface area (Å²) in [7, 11) is -0.370. The summed E-state index contributed by atoms with van der Waals surface area (Å²) in [4.78, 5) is 0. The van der Waals surface area contributed by atoms with E-state index in [4.69, 9.17) is 0 Å². The molecule has 5 rings (SSSR count). The van der Waals surface area contributed by atoms with Crippen molar-refractivity contribution in [2.75, 3.05) is 0 Å². The third-order valence-corrected chi connectivity index (χ3v) is 6.78. The molecular formula is C20H14Si. The van der Waals surface area contributed by atoms with E-state index in [9.17, 15) is 0 Å². The first-order chi connectivity index (χ1) is 10.4. The number of fused-ring (bicyclic) bond motifs is 8. The van der Waals surface area contributed by atoms with Gasteiger partial charge in [-0.05, 0) is 37.9 Å². The molecule has 0 unspecified atom stereocenters. The molecule has 0 nitrogen and oxygen atoms in total. The Kier molecular flexibility index (Phi) is 2.18. The van der Waals surface area contributed by atoms with Crippen molar-refractivity contribution in [1.82, 2.24) is 0 Å². The Morgan fingerprint density at radius 1 is 0.524 bits per heavy atom. The summed E-state index contributed by atoms with van der Waals surface area (Å²) >= 11 is 0. The third-order valence-electron chi connectivity index (χ3n) is 4.69. The highest BCUT2D eigenvalue weighted by atomic mass is 28.2. The summed E-state index contributed by atoms with van der Waals surface area (Å²) in [6.45, 7) is 0. The maximum Gasteiger partial charge on any atom is 0.0899 e. The van der Waals surface area contributed by atoms with E-state index in [1.54, 1.807) is 10.4 Å². The molecule has 0 radical (unpaired) electrons. The van der Waals surface area contributed by atoms with Gasteiger partial charge >= 0.3 is 0 Å². The van der Waals surface area contributed by atoms with Crippen LogP contribution in [0.1, 0.15) is 0 Å². The molecule has 1 aliphatic heterocycles. The molecule has 0 aliphatic carbocycles. The summed E-state index contributed by atoms with van der Waals surface area (Å²) in [6, 6.07) is 26.8. The summed E-state index contributed by atoms with van der Waals surface area (Å²) in [5, 5.41) is 8.90. The highest BCUT2D eigenvalue weighted by Crippen LogP contribution is 2.34. The van der Waals surface area contributed by atoms with Crippen LogP contribution in [0.4, 0.5) is 0 Å². The molecule has 0 amide bonds. The summed E-state index contributed by atoms with van der Waals surface area (Å²) < 4.78 is 0. The lowest BCUT2D eigenvalue weighted by Crippen LogP contribution is -2.21. The van der Waals surface area contributed by atoms with Gasteiger partial charge in [0.1, 0.15) is 0 Å². The van der Waals surface area contributed by atoms with Crippen LogP contribution in [0, 0.1) is 0 Å². The van der Waals surface area contributed by atoms with Crippen LogP contribution >= 0.6 is 0 Å². The first-order valence-electron chi connectivity index (χ1n) is 7.44. The molecule has 21 heavy (non-hydrogen) atoms. The molecular weight excluding hydrogens is 268 g/mol. The third kappa shape index (κ3) is 1.44. The summed E-state index contributed by atoms with van der Waals surface area (Å²) in [5.41, 5.74) is 2.98. The molecule has 98 valence electrons. The molecule has 1 heterocycles. The fraction of sp³-hybridized carbons (Fsp3) is 0. The molecule has 0 atom stereocenters. The molecule has 0 bridgehead atoms. The van der Waals surface area contributed by atoms with Crippen molar-refractivity contribution in [3.05, 3.63) is 72.8 Å². The SMILES string of the molecule is c1ccc2c(c1)[SiH2]c1c-2c2ccccc2c2ccccc12. The molecule has 0 saturated carbocycles. The Balaban J connectivity index is 2.08. The fourth-order valence-electron chi connectivity index (χ4n) is 3.81.